The maximum absolute atomic E-state index is 11.3. The van der Waals surface area contributed by atoms with Gasteiger partial charge in [-0.25, -0.2) is 0 Å². The molecule has 2 aromatic rings. The van der Waals surface area contributed by atoms with Crippen molar-refractivity contribution < 1.29 is 10.0 Å². The van der Waals surface area contributed by atoms with Gasteiger partial charge < -0.3 is 10.0 Å². The molecule has 110 valence electrons. The summed E-state index contributed by atoms with van der Waals surface area (Å²) in [6, 6.07) is 4.80. The number of aromatic nitrogens is 1. The van der Waals surface area contributed by atoms with Crippen LogP contribution in [0.15, 0.2) is 24.4 Å². The van der Waals surface area contributed by atoms with Crippen LogP contribution in [0.1, 0.15) is 26.2 Å². The van der Waals surface area contributed by atoms with Gasteiger partial charge in [-0.05, 0) is 38.3 Å². The summed E-state index contributed by atoms with van der Waals surface area (Å²) in [6.07, 6.45) is 4.91. The molecule has 0 bridgehead atoms. The first kappa shape index (κ1) is 13.6. The highest BCUT2D eigenvalue weighted by Gasteiger charge is 2.25. The number of hydrogen-bond acceptors (Lipinski definition) is 5. The second-order valence-corrected chi connectivity index (χ2v) is 5.45. The Morgan fingerprint density at radius 3 is 2.90 bits per heavy atom. The Labute approximate surface area is 122 Å². The summed E-state index contributed by atoms with van der Waals surface area (Å²) < 4.78 is 0. The Morgan fingerprint density at radius 1 is 1.38 bits per heavy atom. The standard InChI is InChI=1S/C15H17N3O3/c1-10-4-2-3-9-17(10)11-7-8-16-15-13(19)6-5-12(14(11)15)18(20)21/h5-8,10,19H,2-4,9H2,1H3. The predicted octanol–water partition coefficient (Wildman–Crippen LogP) is 3.23. The van der Waals surface area contributed by atoms with Crippen molar-refractivity contribution in [2.75, 3.05) is 11.4 Å². The van der Waals surface area contributed by atoms with Crippen LogP contribution in [0, 0.1) is 10.1 Å². The molecule has 6 heteroatoms. The topological polar surface area (TPSA) is 79.5 Å². The minimum Gasteiger partial charge on any atom is -0.506 e. The summed E-state index contributed by atoms with van der Waals surface area (Å²) in [5.74, 6) is -0.0258. The molecule has 21 heavy (non-hydrogen) atoms. The van der Waals surface area contributed by atoms with Crippen LogP contribution in [0.5, 0.6) is 5.75 Å². The summed E-state index contributed by atoms with van der Waals surface area (Å²) in [7, 11) is 0. The number of nitro groups is 1. The van der Waals surface area contributed by atoms with E-state index in [1.807, 2.05) is 0 Å². The average Bonchev–Trinajstić information content (AvgIpc) is 2.47. The number of nitrogens with zero attached hydrogens (tertiary/aromatic N) is 3. The number of non-ortho nitro benzene ring substituents is 1. The summed E-state index contributed by atoms with van der Waals surface area (Å²) in [5, 5.41) is 21.7. The lowest BCUT2D eigenvalue weighted by molar-refractivity contribution is -0.383. The van der Waals surface area contributed by atoms with Crippen LogP contribution >= 0.6 is 0 Å². The van der Waals surface area contributed by atoms with Gasteiger partial charge in [-0.3, -0.25) is 15.1 Å². The number of phenols is 1. The van der Waals surface area contributed by atoms with E-state index in [-0.39, 0.29) is 11.4 Å². The lowest BCUT2D eigenvalue weighted by Crippen LogP contribution is -2.37. The molecule has 1 atom stereocenters. The summed E-state index contributed by atoms with van der Waals surface area (Å²) in [4.78, 5) is 17.2. The summed E-state index contributed by atoms with van der Waals surface area (Å²) in [6.45, 7) is 2.99. The highest BCUT2D eigenvalue weighted by atomic mass is 16.6. The van der Waals surface area contributed by atoms with Crippen LogP contribution in [0.2, 0.25) is 0 Å². The SMILES string of the molecule is CC1CCCCN1c1ccnc2c(O)ccc([N+](=O)[O-])c12. The van der Waals surface area contributed by atoms with Gasteiger partial charge in [0, 0.05) is 24.8 Å². The third kappa shape index (κ3) is 2.26. The van der Waals surface area contributed by atoms with Gasteiger partial charge in [0.1, 0.15) is 16.7 Å². The Hall–Kier alpha value is -2.37. The van der Waals surface area contributed by atoms with Crippen LogP contribution in [0.3, 0.4) is 0 Å². The first-order valence-electron chi connectivity index (χ1n) is 7.11. The number of aromatic hydroxyl groups is 1. The van der Waals surface area contributed by atoms with E-state index in [1.54, 1.807) is 12.3 Å². The Morgan fingerprint density at radius 2 is 2.19 bits per heavy atom. The molecule has 1 aliphatic rings. The van der Waals surface area contributed by atoms with Crippen molar-refractivity contribution >= 4 is 22.3 Å². The van der Waals surface area contributed by atoms with E-state index < -0.39 is 4.92 Å². The largest absolute Gasteiger partial charge is 0.506 e. The van der Waals surface area contributed by atoms with Crippen LogP contribution in [-0.4, -0.2) is 27.6 Å². The minimum absolute atomic E-state index is 0.0105. The molecule has 1 fully saturated rings. The molecule has 6 nitrogen and oxygen atoms in total. The zero-order valence-corrected chi connectivity index (χ0v) is 11.8. The number of nitro benzene ring substituents is 1. The molecule has 0 saturated carbocycles. The van der Waals surface area contributed by atoms with Crippen LogP contribution in [0.25, 0.3) is 10.9 Å². The Bertz CT molecular complexity index is 702. The first-order chi connectivity index (χ1) is 10.1. The van der Waals surface area contributed by atoms with Gasteiger partial charge in [-0.15, -0.1) is 0 Å². The van der Waals surface area contributed by atoms with Gasteiger partial charge in [0.2, 0.25) is 0 Å². The van der Waals surface area contributed by atoms with E-state index in [9.17, 15) is 15.2 Å². The maximum atomic E-state index is 11.3. The number of benzene rings is 1. The molecule has 0 aliphatic carbocycles. The first-order valence-corrected chi connectivity index (χ1v) is 7.11. The molecule has 0 amide bonds. The molecule has 2 heterocycles. The Kier molecular flexibility index (Phi) is 3.37. The lowest BCUT2D eigenvalue weighted by Gasteiger charge is -2.35. The number of phenolic OH excluding ortho intramolecular Hbond substituents is 1. The van der Waals surface area contributed by atoms with Crippen molar-refractivity contribution in [3.63, 3.8) is 0 Å². The van der Waals surface area contributed by atoms with Crippen molar-refractivity contribution in [1.82, 2.24) is 4.98 Å². The number of anilines is 1. The number of piperidine rings is 1. The van der Waals surface area contributed by atoms with Crippen LogP contribution in [-0.2, 0) is 0 Å². The fraction of sp³-hybridized carbons (Fsp3) is 0.400. The average molecular weight is 287 g/mol. The molecule has 0 radical (unpaired) electrons. The number of fused-ring (bicyclic) bond motifs is 1. The quantitative estimate of drug-likeness (QED) is 0.677. The maximum Gasteiger partial charge on any atom is 0.281 e. The fourth-order valence-electron chi connectivity index (χ4n) is 3.07. The molecular formula is C15H17N3O3. The highest BCUT2D eigenvalue weighted by Crippen LogP contribution is 2.39. The molecule has 1 aromatic heterocycles. The predicted molar refractivity (Wildman–Crippen MR) is 80.7 cm³/mol. The fourth-order valence-corrected chi connectivity index (χ4v) is 3.07. The van der Waals surface area contributed by atoms with Gasteiger partial charge in [-0.1, -0.05) is 0 Å². The number of pyridine rings is 1. The van der Waals surface area contributed by atoms with E-state index >= 15 is 0 Å². The highest BCUT2D eigenvalue weighted by molar-refractivity contribution is 6.01. The van der Waals surface area contributed by atoms with Gasteiger partial charge in [-0.2, -0.15) is 0 Å². The van der Waals surface area contributed by atoms with Gasteiger partial charge in [0.05, 0.1) is 10.6 Å². The second kappa shape index (κ2) is 5.20. The van der Waals surface area contributed by atoms with Crippen molar-refractivity contribution in [3.8, 4) is 5.75 Å². The zero-order valence-electron chi connectivity index (χ0n) is 11.8. The van der Waals surface area contributed by atoms with Crippen molar-refractivity contribution in [1.29, 1.82) is 0 Å². The van der Waals surface area contributed by atoms with E-state index in [0.717, 1.165) is 25.1 Å². The van der Waals surface area contributed by atoms with E-state index in [0.29, 0.717) is 16.9 Å². The van der Waals surface area contributed by atoms with Crippen LogP contribution < -0.4 is 4.90 Å². The van der Waals surface area contributed by atoms with Gasteiger partial charge in [0.15, 0.2) is 0 Å². The molecule has 0 spiro atoms. The van der Waals surface area contributed by atoms with Crippen molar-refractivity contribution in [2.24, 2.45) is 0 Å². The normalized spacial score (nSPS) is 18.9. The lowest BCUT2D eigenvalue weighted by atomic mass is 10.0. The monoisotopic (exact) mass is 287 g/mol. The molecule has 3 rings (SSSR count). The summed E-state index contributed by atoms with van der Waals surface area (Å²) in [5.41, 5.74) is 1.07. The van der Waals surface area contributed by atoms with Gasteiger partial charge >= 0.3 is 0 Å². The number of hydrogen-bond donors (Lipinski definition) is 1. The Balaban J connectivity index is 2.27. The van der Waals surface area contributed by atoms with Crippen molar-refractivity contribution in [2.45, 2.75) is 32.2 Å². The molecule has 1 aromatic carbocycles. The zero-order chi connectivity index (χ0) is 15.0. The molecule has 1 unspecified atom stereocenters. The molecule has 1 saturated heterocycles. The molecule has 1 N–H and O–H groups in total. The van der Waals surface area contributed by atoms with Crippen LogP contribution in [0.4, 0.5) is 11.4 Å². The minimum atomic E-state index is -0.415. The van der Waals surface area contributed by atoms with Gasteiger partial charge in [0.25, 0.3) is 5.69 Å². The van der Waals surface area contributed by atoms with E-state index in [4.69, 9.17) is 0 Å². The van der Waals surface area contributed by atoms with Crippen molar-refractivity contribution in [3.05, 3.63) is 34.5 Å². The third-order valence-corrected chi connectivity index (χ3v) is 4.14. The molecule has 1 aliphatic heterocycles. The molecular weight excluding hydrogens is 270 g/mol. The third-order valence-electron chi connectivity index (χ3n) is 4.14. The summed E-state index contributed by atoms with van der Waals surface area (Å²) >= 11 is 0. The smallest absolute Gasteiger partial charge is 0.281 e. The second-order valence-electron chi connectivity index (χ2n) is 5.45. The number of rotatable bonds is 2. The van der Waals surface area contributed by atoms with E-state index in [1.165, 1.54) is 18.6 Å². The van der Waals surface area contributed by atoms with E-state index in [2.05, 4.69) is 16.8 Å².